The molecule has 1 amide bonds. The second-order valence-corrected chi connectivity index (χ2v) is 9.88. The Kier molecular flexibility index (Phi) is 7.23. The molecule has 6 heteroatoms. The fraction of sp³-hybridized carbons (Fsp3) is 0.312. The van der Waals surface area contributed by atoms with E-state index in [-0.39, 0.29) is 11.9 Å². The molecule has 0 radical (unpaired) electrons. The van der Waals surface area contributed by atoms with Crippen molar-refractivity contribution in [2.75, 3.05) is 26.8 Å². The summed E-state index contributed by atoms with van der Waals surface area (Å²) in [6, 6.07) is 26.0. The number of hydrogen-bond acceptors (Lipinski definition) is 4. The summed E-state index contributed by atoms with van der Waals surface area (Å²) < 4.78 is 13.2. The molecule has 6 nitrogen and oxygen atoms in total. The Labute approximate surface area is 223 Å². The molecule has 0 aliphatic carbocycles. The van der Waals surface area contributed by atoms with E-state index < -0.39 is 5.41 Å². The molecule has 1 aromatic heterocycles. The number of hydrogen-bond donors (Lipinski definition) is 0. The number of carbonyl (C=O) groups excluding carboxylic acids is 2. The molecule has 0 spiro atoms. The van der Waals surface area contributed by atoms with Crippen molar-refractivity contribution in [1.82, 2.24) is 9.47 Å². The molecule has 4 aromatic rings. The summed E-state index contributed by atoms with van der Waals surface area (Å²) in [6.07, 6.45) is 1.04. The molecule has 5 rings (SSSR count). The second-order valence-electron chi connectivity index (χ2n) is 9.88. The SMILES string of the molecule is CCOC(=O)C1(c2ccccc2)CCN(C(=O)c2c(C)n(Cc3ccccc3)c3ccc(OC)cc23)CC1. The topological polar surface area (TPSA) is 60.8 Å². The Balaban J connectivity index is 1.49. The van der Waals surface area contributed by atoms with Crippen molar-refractivity contribution in [2.24, 2.45) is 0 Å². The van der Waals surface area contributed by atoms with Crippen LogP contribution in [0.25, 0.3) is 10.9 Å². The molecule has 0 unspecified atom stereocenters. The van der Waals surface area contributed by atoms with E-state index in [4.69, 9.17) is 9.47 Å². The van der Waals surface area contributed by atoms with Gasteiger partial charge in [-0.05, 0) is 56.0 Å². The number of methoxy groups -OCH3 is 1. The van der Waals surface area contributed by atoms with Crippen LogP contribution in [0, 0.1) is 6.92 Å². The van der Waals surface area contributed by atoms with Crippen LogP contribution in [0.15, 0.2) is 78.9 Å². The highest BCUT2D eigenvalue weighted by atomic mass is 16.5. The van der Waals surface area contributed by atoms with Gasteiger partial charge in [-0.3, -0.25) is 9.59 Å². The van der Waals surface area contributed by atoms with Crippen molar-refractivity contribution in [1.29, 1.82) is 0 Å². The van der Waals surface area contributed by atoms with Crippen molar-refractivity contribution in [3.63, 3.8) is 0 Å². The molecule has 0 saturated carbocycles. The molecule has 0 N–H and O–H groups in total. The van der Waals surface area contributed by atoms with Crippen molar-refractivity contribution < 1.29 is 19.1 Å². The predicted octanol–water partition coefficient (Wildman–Crippen LogP) is 5.74. The minimum Gasteiger partial charge on any atom is -0.497 e. The van der Waals surface area contributed by atoms with Gasteiger partial charge in [0.15, 0.2) is 0 Å². The Morgan fingerprint density at radius 1 is 0.921 bits per heavy atom. The zero-order valence-corrected chi connectivity index (χ0v) is 22.3. The molecule has 2 heterocycles. The van der Waals surface area contributed by atoms with Gasteiger partial charge in [-0.2, -0.15) is 0 Å². The third-order valence-corrected chi connectivity index (χ3v) is 7.82. The zero-order valence-electron chi connectivity index (χ0n) is 22.3. The molecule has 1 aliphatic rings. The van der Waals surface area contributed by atoms with E-state index >= 15 is 0 Å². The fourth-order valence-electron chi connectivity index (χ4n) is 5.71. The van der Waals surface area contributed by atoms with Gasteiger partial charge in [0.25, 0.3) is 5.91 Å². The van der Waals surface area contributed by atoms with Crippen LogP contribution in [0.5, 0.6) is 5.75 Å². The van der Waals surface area contributed by atoms with Gasteiger partial charge in [-0.1, -0.05) is 60.7 Å². The number of aromatic nitrogens is 1. The van der Waals surface area contributed by atoms with Gasteiger partial charge in [0.2, 0.25) is 0 Å². The van der Waals surface area contributed by atoms with Crippen molar-refractivity contribution in [3.05, 3.63) is 101 Å². The van der Waals surface area contributed by atoms with Crippen molar-refractivity contribution in [3.8, 4) is 5.75 Å². The van der Waals surface area contributed by atoms with Crippen LogP contribution in [-0.4, -0.2) is 48.1 Å². The Bertz CT molecular complexity index is 1430. The van der Waals surface area contributed by atoms with Crippen LogP contribution < -0.4 is 4.74 Å². The number of ether oxygens (including phenoxy) is 2. The number of carbonyl (C=O) groups is 2. The summed E-state index contributed by atoms with van der Waals surface area (Å²) in [5.74, 6) is 0.490. The molecule has 0 atom stereocenters. The normalized spacial score (nSPS) is 14.9. The lowest BCUT2D eigenvalue weighted by Gasteiger charge is -2.40. The second kappa shape index (κ2) is 10.7. The zero-order chi connectivity index (χ0) is 26.7. The van der Waals surface area contributed by atoms with Crippen LogP contribution in [-0.2, 0) is 21.5 Å². The Morgan fingerprint density at radius 3 is 2.21 bits per heavy atom. The van der Waals surface area contributed by atoms with E-state index in [1.807, 2.05) is 85.5 Å². The molecule has 1 aliphatic heterocycles. The molecule has 1 fully saturated rings. The highest BCUT2D eigenvalue weighted by Gasteiger charge is 2.45. The minimum atomic E-state index is -0.742. The lowest BCUT2D eigenvalue weighted by molar-refractivity contribution is -0.152. The molecule has 3 aromatic carbocycles. The first-order valence-electron chi connectivity index (χ1n) is 13.2. The quantitative estimate of drug-likeness (QED) is 0.297. The van der Waals surface area contributed by atoms with E-state index in [1.165, 1.54) is 5.56 Å². The average molecular weight is 511 g/mol. The van der Waals surface area contributed by atoms with Gasteiger partial charge in [-0.15, -0.1) is 0 Å². The molecule has 38 heavy (non-hydrogen) atoms. The third kappa shape index (κ3) is 4.55. The van der Waals surface area contributed by atoms with Crippen molar-refractivity contribution >= 4 is 22.8 Å². The Hall–Kier alpha value is -4.06. The van der Waals surface area contributed by atoms with E-state index in [0.717, 1.165) is 22.2 Å². The van der Waals surface area contributed by atoms with E-state index in [1.54, 1.807) is 7.11 Å². The molecular formula is C32H34N2O4. The summed E-state index contributed by atoms with van der Waals surface area (Å²) in [4.78, 5) is 29.2. The molecule has 196 valence electrons. The highest BCUT2D eigenvalue weighted by Crippen LogP contribution is 2.38. The monoisotopic (exact) mass is 510 g/mol. The number of rotatable bonds is 7. The third-order valence-electron chi connectivity index (χ3n) is 7.82. The van der Waals surface area contributed by atoms with Crippen LogP contribution in [0.4, 0.5) is 0 Å². The van der Waals surface area contributed by atoms with Gasteiger partial charge < -0.3 is 18.9 Å². The first-order chi connectivity index (χ1) is 18.5. The first kappa shape index (κ1) is 25.6. The van der Waals surface area contributed by atoms with E-state index in [0.29, 0.717) is 50.4 Å². The van der Waals surface area contributed by atoms with Crippen LogP contribution >= 0.6 is 0 Å². The fourth-order valence-corrected chi connectivity index (χ4v) is 5.71. The average Bonchev–Trinajstić information content (AvgIpc) is 3.23. The number of amides is 1. The lowest BCUT2D eigenvalue weighted by atomic mass is 9.72. The molecular weight excluding hydrogens is 476 g/mol. The number of likely N-dealkylation sites (tertiary alicyclic amines) is 1. The standard InChI is InChI=1S/C32H34N2O4/c1-4-38-31(36)32(25-13-9-6-10-14-25)17-19-33(20-18-32)30(35)29-23(2)34(22-24-11-7-5-8-12-24)28-16-15-26(37-3)21-27(28)29/h5-16,21H,4,17-20,22H2,1-3H3. The smallest absolute Gasteiger partial charge is 0.316 e. The predicted molar refractivity (Wildman–Crippen MR) is 149 cm³/mol. The van der Waals surface area contributed by atoms with Gasteiger partial charge in [0.1, 0.15) is 5.75 Å². The van der Waals surface area contributed by atoms with Gasteiger partial charge in [-0.25, -0.2) is 0 Å². The van der Waals surface area contributed by atoms with Crippen molar-refractivity contribution in [2.45, 2.75) is 38.6 Å². The summed E-state index contributed by atoms with van der Waals surface area (Å²) in [7, 11) is 1.64. The summed E-state index contributed by atoms with van der Waals surface area (Å²) in [6.45, 7) is 5.79. The maximum absolute atomic E-state index is 14.1. The van der Waals surface area contributed by atoms with Crippen LogP contribution in [0.3, 0.4) is 0 Å². The largest absolute Gasteiger partial charge is 0.497 e. The van der Waals surface area contributed by atoms with Gasteiger partial charge in [0, 0.05) is 36.2 Å². The minimum absolute atomic E-state index is 0.0157. The van der Waals surface area contributed by atoms with Gasteiger partial charge >= 0.3 is 5.97 Å². The first-order valence-corrected chi connectivity index (χ1v) is 13.2. The Morgan fingerprint density at radius 2 is 1.58 bits per heavy atom. The van der Waals surface area contributed by atoms with Gasteiger partial charge in [0.05, 0.1) is 24.7 Å². The number of fused-ring (bicyclic) bond motifs is 1. The summed E-state index contributed by atoms with van der Waals surface area (Å²) in [5.41, 5.74) is 3.99. The van der Waals surface area contributed by atoms with E-state index in [2.05, 4.69) is 16.7 Å². The number of nitrogens with zero attached hydrogens (tertiary/aromatic N) is 2. The maximum Gasteiger partial charge on any atom is 0.316 e. The molecule has 0 bridgehead atoms. The lowest BCUT2D eigenvalue weighted by Crippen LogP contribution is -2.49. The maximum atomic E-state index is 14.1. The molecule has 1 saturated heterocycles. The highest BCUT2D eigenvalue weighted by molar-refractivity contribution is 6.09. The number of esters is 1. The number of piperidine rings is 1. The van der Waals surface area contributed by atoms with E-state index in [9.17, 15) is 9.59 Å². The summed E-state index contributed by atoms with van der Waals surface area (Å²) >= 11 is 0. The number of benzene rings is 3. The van der Waals surface area contributed by atoms with Crippen LogP contribution in [0.2, 0.25) is 0 Å². The summed E-state index contributed by atoms with van der Waals surface area (Å²) in [5, 5.41) is 0.882. The van der Waals surface area contributed by atoms with Crippen LogP contribution in [0.1, 0.15) is 46.9 Å².